The summed E-state index contributed by atoms with van der Waals surface area (Å²) in [6.07, 6.45) is 1.52. The molecule has 0 heterocycles. The summed E-state index contributed by atoms with van der Waals surface area (Å²) >= 11 is 6.94. The average Bonchev–Trinajstić information content (AvgIpc) is 2.78. The number of nitrogens with one attached hydrogen (secondary N) is 1. The van der Waals surface area contributed by atoms with E-state index < -0.39 is 0 Å². The highest BCUT2D eigenvalue weighted by Crippen LogP contribution is 2.36. The molecule has 1 amide bonds. The number of carbonyl (C=O) groups is 1. The number of hydrazone groups is 1. The van der Waals surface area contributed by atoms with E-state index in [2.05, 4.69) is 42.4 Å². The van der Waals surface area contributed by atoms with Crippen molar-refractivity contribution in [1.82, 2.24) is 5.43 Å². The zero-order valence-corrected chi connectivity index (χ0v) is 20.8. The van der Waals surface area contributed by atoms with Gasteiger partial charge in [0.15, 0.2) is 18.1 Å². The molecule has 166 valence electrons. The van der Waals surface area contributed by atoms with E-state index in [0.717, 1.165) is 21.2 Å². The lowest BCUT2D eigenvalue weighted by atomic mass is 10.2. The molecule has 0 saturated carbocycles. The predicted octanol–water partition coefficient (Wildman–Crippen LogP) is 5.64. The molecule has 0 radical (unpaired) electrons. The lowest BCUT2D eigenvalue weighted by Crippen LogP contribution is -2.24. The van der Waals surface area contributed by atoms with Crippen LogP contribution in [0, 0.1) is 6.92 Å². The van der Waals surface area contributed by atoms with Crippen molar-refractivity contribution >= 4 is 44.0 Å². The smallest absolute Gasteiger partial charge is 0.277 e. The van der Waals surface area contributed by atoms with Gasteiger partial charge in [-0.2, -0.15) is 5.10 Å². The number of nitrogens with zero attached hydrogens (tertiary/aromatic N) is 1. The van der Waals surface area contributed by atoms with Crippen LogP contribution in [0.4, 0.5) is 0 Å². The fourth-order valence-corrected chi connectivity index (χ4v) is 3.94. The van der Waals surface area contributed by atoms with E-state index in [1.807, 2.05) is 55.5 Å². The Labute approximate surface area is 203 Å². The van der Waals surface area contributed by atoms with Gasteiger partial charge < -0.3 is 14.2 Å². The zero-order valence-electron chi connectivity index (χ0n) is 17.6. The van der Waals surface area contributed by atoms with Gasteiger partial charge in [-0.1, -0.05) is 36.4 Å². The van der Waals surface area contributed by atoms with Gasteiger partial charge in [-0.05, 0) is 79.7 Å². The van der Waals surface area contributed by atoms with E-state index in [9.17, 15) is 4.79 Å². The molecule has 0 spiro atoms. The van der Waals surface area contributed by atoms with Crippen molar-refractivity contribution < 1.29 is 19.0 Å². The molecule has 0 aliphatic heterocycles. The van der Waals surface area contributed by atoms with Gasteiger partial charge in [-0.15, -0.1) is 0 Å². The number of ether oxygens (including phenoxy) is 3. The standard InChI is InChI=1S/C24H22Br2N2O4/c1-16-8-9-21(19(25)10-16)31-15-23(29)28-27-13-18-11-20(26)24(22(12-18)30-2)32-14-17-6-4-3-5-7-17/h3-13H,14-15H2,1-2H3,(H,28,29)/b27-13+. The Kier molecular flexibility index (Phi) is 8.70. The van der Waals surface area contributed by atoms with Gasteiger partial charge in [-0.3, -0.25) is 4.79 Å². The minimum Gasteiger partial charge on any atom is -0.493 e. The highest BCUT2D eigenvalue weighted by molar-refractivity contribution is 9.10. The average molecular weight is 562 g/mol. The molecule has 0 unspecified atom stereocenters. The second-order valence-electron chi connectivity index (χ2n) is 6.82. The highest BCUT2D eigenvalue weighted by Gasteiger charge is 2.12. The van der Waals surface area contributed by atoms with Crippen LogP contribution in [-0.4, -0.2) is 25.8 Å². The molecule has 0 bridgehead atoms. The molecule has 3 aromatic rings. The third kappa shape index (κ3) is 6.83. The maximum absolute atomic E-state index is 12.0. The number of hydrogen-bond acceptors (Lipinski definition) is 5. The fraction of sp³-hybridized carbons (Fsp3) is 0.167. The third-order valence-electron chi connectivity index (χ3n) is 4.33. The molecular formula is C24H22Br2N2O4. The van der Waals surface area contributed by atoms with E-state index in [1.165, 1.54) is 6.21 Å². The van der Waals surface area contributed by atoms with Gasteiger partial charge in [0, 0.05) is 0 Å². The molecule has 3 rings (SSSR count). The summed E-state index contributed by atoms with van der Waals surface area (Å²) in [7, 11) is 1.57. The number of methoxy groups -OCH3 is 1. The van der Waals surface area contributed by atoms with Crippen LogP contribution in [0.2, 0.25) is 0 Å². The van der Waals surface area contributed by atoms with Crippen LogP contribution >= 0.6 is 31.9 Å². The number of hydrogen-bond donors (Lipinski definition) is 1. The van der Waals surface area contributed by atoms with Gasteiger partial charge in [-0.25, -0.2) is 5.43 Å². The van der Waals surface area contributed by atoms with Crippen molar-refractivity contribution in [3.63, 3.8) is 0 Å². The van der Waals surface area contributed by atoms with E-state index in [4.69, 9.17) is 14.2 Å². The lowest BCUT2D eigenvalue weighted by Gasteiger charge is -2.13. The SMILES string of the molecule is COc1cc(/C=N/NC(=O)COc2ccc(C)cc2Br)cc(Br)c1OCc1ccccc1. The maximum atomic E-state index is 12.0. The van der Waals surface area contributed by atoms with Crippen LogP contribution in [0.1, 0.15) is 16.7 Å². The monoisotopic (exact) mass is 560 g/mol. The van der Waals surface area contributed by atoms with E-state index in [-0.39, 0.29) is 12.5 Å². The zero-order chi connectivity index (χ0) is 22.9. The number of rotatable bonds is 9. The van der Waals surface area contributed by atoms with Crippen molar-refractivity contribution in [2.24, 2.45) is 5.10 Å². The summed E-state index contributed by atoms with van der Waals surface area (Å²) < 4.78 is 18.4. The molecule has 1 N–H and O–H groups in total. The molecule has 8 heteroatoms. The Balaban J connectivity index is 1.57. The molecular weight excluding hydrogens is 540 g/mol. The second kappa shape index (κ2) is 11.7. The Morgan fingerprint density at radius 2 is 1.78 bits per heavy atom. The van der Waals surface area contributed by atoms with E-state index in [1.54, 1.807) is 19.2 Å². The van der Waals surface area contributed by atoms with Crippen LogP contribution in [0.3, 0.4) is 0 Å². The second-order valence-corrected chi connectivity index (χ2v) is 8.53. The Morgan fingerprint density at radius 3 is 2.50 bits per heavy atom. The molecule has 0 aromatic heterocycles. The van der Waals surface area contributed by atoms with Crippen LogP contribution in [0.25, 0.3) is 0 Å². The summed E-state index contributed by atoms with van der Waals surface area (Å²) in [4.78, 5) is 12.0. The number of carbonyl (C=O) groups excluding carboxylic acids is 1. The number of aryl methyl sites for hydroxylation is 1. The Bertz CT molecular complexity index is 1100. The number of benzene rings is 3. The maximum Gasteiger partial charge on any atom is 0.277 e. The largest absolute Gasteiger partial charge is 0.493 e. The van der Waals surface area contributed by atoms with E-state index in [0.29, 0.717) is 28.3 Å². The number of halogens is 2. The topological polar surface area (TPSA) is 69.2 Å². The quantitative estimate of drug-likeness (QED) is 0.271. The summed E-state index contributed by atoms with van der Waals surface area (Å²) in [5.74, 6) is 1.36. The van der Waals surface area contributed by atoms with Gasteiger partial charge >= 0.3 is 0 Å². The van der Waals surface area contributed by atoms with Crippen LogP contribution < -0.4 is 19.6 Å². The Morgan fingerprint density at radius 1 is 1.00 bits per heavy atom. The van der Waals surface area contributed by atoms with Gasteiger partial charge in [0.05, 0.1) is 22.3 Å². The minimum absolute atomic E-state index is 0.154. The first-order valence-electron chi connectivity index (χ1n) is 9.71. The van der Waals surface area contributed by atoms with Crippen molar-refractivity contribution in [3.05, 3.63) is 86.3 Å². The predicted molar refractivity (Wildman–Crippen MR) is 132 cm³/mol. The molecule has 0 saturated heterocycles. The van der Waals surface area contributed by atoms with Crippen molar-refractivity contribution in [2.75, 3.05) is 13.7 Å². The lowest BCUT2D eigenvalue weighted by molar-refractivity contribution is -0.123. The molecule has 32 heavy (non-hydrogen) atoms. The van der Waals surface area contributed by atoms with E-state index >= 15 is 0 Å². The van der Waals surface area contributed by atoms with Gasteiger partial charge in [0.1, 0.15) is 12.4 Å². The summed E-state index contributed by atoms with van der Waals surface area (Å²) in [5, 5.41) is 4.00. The molecule has 6 nitrogen and oxygen atoms in total. The van der Waals surface area contributed by atoms with Crippen molar-refractivity contribution in [2.45, 2.75) is 13.5 Å². The first kappa shape index (κ1) is 23.8. The van der Waals surface area contributed by atoms with Gasteiger partial charge in [0.25, 0.3) is 5.91 Å². The van der Waals surface area contributed by atoms with Crippen LogP contribution in [-0.2, 0) is 11.4 Å². The third-order valence-corrected chi connectivity index (χ3v) is 5.54. The summed E-state index contributed by atoms with van der Waals surface area (Å²) in [5.41, 5.74) is 5.32. The molecule has 0 fully saturated rings. The molecule has 0 aliphatic carbocycles. The van der Waals surface area contributed by atoms with Gasteiger partial charge in [0.2, 0.25) is 0 Å². The summed E-state index contributed by atoms with van der Waals surface area (Å²) in [6, 6.07) is 19.1. The first-order valence-corrected chi connectivity index (χ1v) is 11.3. The van der Waals surface area contributed by atoms with Crippen LogP contribution in [0.15, 0.2) is 74.7 Å². The van der Waals surface area contributed by atoms with Crippen LogP contribution in [0.5, 0.6) is 17.2 Å². The van der Waals surface area contributed by atoms with Crippen molar-refractivity contribution in [3.8, 4) is 17.2 Å². The first-order chi connectivity index (χ1) is 15.5. The molecule has 3 aromatic carbocycles. The molecule has 0 atom stereocenters. The summed E-state index contributed by atoms with van der Waals surface area (Å²) in [6.45, 7) is 2.24. The normalized spacial score (nSPS) is 10.8. The fourth-order valence-electron chi connectivity index (χ4n) is 2.76. The number of amides is 1. The minimum atomic E-state index is -0.373. The highest BCUT2D eigenvalue weighted by atomic mass is 79.9. The molecule has 0 aliphatic rings. The van der Waals surface area contributed by atoms with Crippen molar-refractivity contribution in [1.29, 1.82) is 0 Å². The Hall–Kier alpha value is -2.84.